The summed E-state index contributed by atoms with van der Waals surface area (Å²) in [5.74, 6) is 0.584. The number of nitrogens with one attached hydrogen (secondary N) is 1. The number of phenolic OH excluding ortho intramolecular Hbond substituents is 1. The molecule has 0 aromatic heterocycles. The van der Waals surface area contributed by atoms with Crippen LogP contribution in [0.2, 0.25) is 0 Å². The number of likely N-dealkylation sites (tertiary alicyclic amines) is 1. The third kappa shape index (κ3) is 10.0. The van der Waals surface area contributed by atoms with Crippen molar-refractivity contribution in [1.29, 1.82) is 0 Å². The van der Waals surface area contributed by atoms with E-state index in [4.69, 9.17) is 4.74 Å². The maximum atomic E-state index is 13.0. The Labute approximate surface area is 315 Å². The lowest BCUT2D eigenvalue weighted by molar-refractivity contribution is -0.137. The predicted octanol–water partition coefficient (Wildman–Crippen LogP) is 4.45. The molecule has 3 fully saturated rings. The maximum absolute atomic E-state index is 13.0. The van der Waals surface area contributed by atoms with Crippen LogP contribution in [0.15, 0.2) is 36.4 Å². The van der Waals surface area contributed by atoms with E-state index >= 15 is 0 Å². The topological polar surface area (TPSA) is 143 Å². The SMILES string of the molecule is CCS(=O)(=O)N1CCC(N2CCN(C(=O)[C@H](C)Cc3cc(C)c(O)c(C)c3)CC2)CC1.COC(=O)N1CCC(N2CCc3ccccc3NC2=O)CC1. The first-order valence-electron chi connectivity index (χ1n) is 19.1. The number of anilines is 1. The van der Waals surface area contributed by atoms with Gasteiger partial charge in [0.2, 0.25) is 15.9 Å². The zero-order valence-electron chi connectivity index (χ0n) is 32.1. The largest absolute Gasteiger partial charge is 0.507 e. The molecule has 0 radical (unpaired) electrons. The number of methoxy groups -OCH3 is 1. The summed E-state index contributed by atoms with van der Waals surface area (Å²) in [5, 5.41) is 13.0. The molecule has 4 aliphatic rings. The normalized spacial score (nSPS) is 20.1. The summed E-state index contributed by atoms with van der Waals surface area (Å²) >= 11 is 0. The lowest BCUT2D eigenvalue weighted by atomic mass is 9.96. The fourth-order valence-corrected chi connectivity index (χ4v) is 9.25. The molecule has 4 amide bonds. The van der Waals surface area contributed by atoms with E-state index in [-0.39, 0.29) is 35.7 Å². The second-order valence-electron chi connectivity index (χ2n) is 14.8. The minimum atomic E-state index is -3.09. The van der Waals surface area contributed by atoms with Gasteiger partial charge in [0, 0.05) is 82.6 Å². The zero-order valence-corrected chi connectivity index (χ0v) is 32.9. The average molecular weight is 755 g/mol. The van der Waals surface area contributed by atoms with Crippen molar-refractivity contribution in [2.24, 2.45) is 5.92 Å². The number of piperidine rings is 2. The van der Waals surface area contributed by atoms with Crippen molar-refractivity contribution in [2.45, 2.75) is 78.3 Å². The van der Waals surface area contributed by atoms with Crippen LogP contribution >= 0.6 is 0 Å². The molecule has 2 aromatic carbocycles. The van der Waals surface area contributed by atoms with Crippen LogP contribution in [0.5, 0.6) is 5.75 Å². The van der Waals surface area contributed by atoms with Gasteiger partial charge in [0.25, 0.3) is 0 Å². The summed E-state index contributed by atoms with van der Waals surface area (Å²) in [7, 11) is -1.69. The van der Waals surface area contributed by atoms with E-state index in [1.807, 2.05) is 60.9 Å². The number of carbonyl (C=O) groups excluding carboxylic acids is 3. The van der Waals surface area contributed by atoms with Crippen LogP contribution in [0.1, 0.15) is 61.8 Å². The summed E-state index contributed by atoms with van der Waals surface area (Å²) in [6.45, 7) is 13.8. The molecule has 4 aliphatic heterocycles. The van der Waals surface area contributed by atoms with Crippen LogP contribution in [0, 0.1) is 19.8 Å². The van der Waals surface area contributed by atoms with Gasteiger partial charge in [-0.2, -0.15) is 0 Å². The lowest BCUT2D eigenvalue weighted by Gasteiger charge is -2.42. The van der Waals surface area contributed by atoms with Gasteiger partial charge in [-0.3, -0.25) is 9.69 Å². The van der Waals surface area contributed by atoms with E-state index in [1.54, 1.807) is 16.1 Å². The number of carbonyl (C=O) groups is 3. The summed E-state index contributed by atoms with van der Waals surface area (Å²) in [6.07, 6.45) is 4.55. The fraction of sp³-hybridized carbons (Fsp3) is 0.615. The second-order valence-corrected chi connectivity index (χ2v) is 17.1. The van der Waals surface area contributed by atoms with Gasteiger partial charge in [0.15, 0.2) is 0 Å². The molecule has 0 bridgehead atoms. The van der Waals surface area contributed by atoms with Crippen LogP contribution in [-0.4, -0.2) is 139 Å². The molecule has 13 nitrogen and oxygen atoms in total. The van der Waals surface area contributed by atoms with Crippen LogP contribution < -0.4 is 5.32 Å². The number of ether oxygens (including phenoxy) is 1. The Kier molecular flexibility index (Phi) is 13.7. The van der Waals surface area contributed by atoms with Crippen LogP contribution in [0.3, 0.4) is 0 Å². The predicted molar refractivity (Wildman–Crippen MR) is 206 cm³/mol. The van der Waals surface area contributed by atoms with E-state index in [0.717, 1.165) is 80.7 Å². The number of nitrogens with zero attached hydrogens (tertiary/aromatic N) is 5. The first-order valence-corrected chi connectivity index (χ1v) is 20.7. The molecule has 0 saturated carbocycles. The van der Waals surface area contributed by atoms with E-state index in [1.165, 1.54) is 12.7 Å². The molecule has 53 heavy (non-hydrogen) atoms. The number of piperazine rings is 1. The van der Waals surface area contributed by atoms with Gasteiger partial charge >= 0.3 is 12.1 Å². The summed E-state index contributed by atoms with van der Waals surface area (Å²) in [4.78, 5) is 45.0. The number of hydrogen-bond donors (Lipinski definition) is 2. The minimum absolute atomic E-state index is 0.0403. The molecule has 14 heteroatoms. The highest BCUT2D eigenvalue weighted by Gasteiger charge is 2.34. The van der Waals surface area contributed by atoms with Crippen molar-refractivity contribution in [1.82, 2.24) is 23.9 Å². The number of fused-ring (bicyclic) bond motifs is 1. The van der Waals surface area contributed by atoms with Crippen molar-refractivity contribution >= 4 is 33.7 Å². The van der Waals surface area contributed by atoms with E-state index in [2.05, 4.69) is 16.3 Å². The number of hydrogen-bond acceptors (Lipinski definition) is 8. The Morgan fingerprint density at radius 1 is 0.887 bits per heavy atom. The van der Waals surface area contributed by atoms with Gasteiger partial charge < -0.3 is 29.9 Å². The molecular weight excluding hydrogens is 697 g/mol. The molecular formula is C39H58N6O7S. The highest BCUT2D eigenvalue weighted by Crippen LogP contribution is 2.27. The van der Waals surface area contributed by atoms with Gasteiger partial charge in [0.1, 0.15) is 5.75 Å². The number of urea groups is 1. The Morgan fingerprint density at radius 3 is 2.09 bits per heavy atom. The monoisotopic (exact) mass is 754 g/mol. The van der Waals surface area contributed by atoms with Crippen LogP contribution in [-0.2, 0) is 32.4 Å². The van der Waals surface area contributed by atoms with Gasteiger partial charge in [-0.15, -0.1) is 0 Å². The molecule has 0 spiro atoms. The van der Waals surface area contributed by atoms with Gasteiger partial charge in [-0.25, -0.2) is 22.3 Å². The molecule has 292 valence electrons. The number of sulfonamides is 1. The second kappa shape index (κ2) is 18.0. The fourth-order valence-electron chi connectivity index (χ4n) is 8.12. The van der Waals surface area contributed by atoms with E-state index in [0.29, 0.717) is 50.9 Å². The molecule has 1 atom stereocenters. The number of amides is 4. The molecule has 6 rings (SSSR count). The first kappa shape index (κ1) is 40.3. The Bertz CT molecular complexity index is 1670. The third-order valence-electron chi connectivity index (χ3n) is 11.3. The van der Waals surface area contributed by atoms with E-state index in [9.17, 15) is 27.9 Å². The molecule has 2 N–H and O–H groups in total. The number of aryl methyl sites for hydroxylation is 2. The van der Waals surface area contributed by atoms with Crippen molar-refractivity contribution in [2.75, 3.05) is 77.1 Å². The Morgan fingerprint density at radius 2 is 1.49 bits per heavy atom. The summed E-state index contributed by atoms with van der Waals surface area (Å²) < 4.78 is 30.5. The number of benzene rings is 2. The molecule has 4 heterocycles. The average Bonchev–Trinajstić information content (AvgIpc) is 3.34. The smallest absolute Gasteiger partial charge is 0.409 e. The quantitative estimate of drug-likeness (QED) is 0.423. The van der Waals surface area contributed by atoms with Gasteiger partial charge in [0.05, 0.1) is 12.9 Å². The highest BCUT2D eigenvalue weighted by molar-refractivity contribution is 7.89. The molecule has 2 aromatic rings. The molecule has 3 saturated heterocycles. The van der Waals surface area contributed by atoms with Gasteiger partial charge in [-0.05, 0) is 87.6 Å². The van der Waals surface area contributed by atoms with Gasteiger partial charge in [-0.1, -0.05) is 37.3 Å². The lowest BCUT2D eigenvalue weighted by Crippen LogP contribution is -2.55. The van der Waals surface area contributed by atoms with E-state index < -0.39 is 10.0 Å². The van der Waals surface area contributed by atoms with Crippen molar-refractivity contribution < 1.29 is 32.6 Å². The minimum Gasteiger partial charge on any atom is -0.507 e. The highest BCUT2D eigenvalue weighted by atomic mass is 32.2. The number of phenols is 1. The van der Waals surface area contributed by atoms with Crippen LogP contribution in [0.4, 0.5) is 15.3 Å². The molecule has 0 unspecified atom stereocenters. The van der Waals surface area contributed by atoms with Crippen molar-refractivity contribution in [3.63, 3.8) is 0 Å². The van der Waals surface area contributed by atoms with Crippen LogP contribution in [0.25, 0.3) is 0 Å². The number of rotatable bonds is 7. The first-order chi connectivity index (χ1) is 25.3. The molecule has 0 aliphatic carbocycles. The van der Waals surface area contributed by atoms with Crippen molar-refractivity contribution in [3.8, 4) is 5.75 Å². The Balaban J connectivity index is 0.000000216. The zero-order chi connectivity index (χ0) is 38.3. The summed E-state index contributed by atoms with van der Waals surface area (Å²) in [6, 6.07) is 12.4. The number of aromatic hydroxyl groups is 1. The number of para-hydroxylation sites is 1. The van der Waals surface area contributed by atoms with Crippen molar-refractivity contribution in [3.05, 3.63) is 58.7 Å². The summed E-state index contributed by atoms with van der Waals surface area (Å²) in [5.41, 5.74) is 4.86. The standard InChI is InChI=1S/C23H37N3O4S.C16H21N3O3/c1-5-31(29,30)26-8-6-21(7-9-26)24-10-12-25(13-11-24)23(28)19(4)16-20-14-17(2)22(27)18(3)15-20;1-22-16(21)18-9-7-13(8-10-18)19-11-6-12-4-2-3-5-14(12)17-15(19)20/h14-15,19,21,27H,5-13,16H2,1-4H3;2-5,13H,6-11H2,1H3,(H,17,20)/t19-;/m1./s1. The Hall–Kier alpha value is -3.88. The maximum Gasteiger partial charge on any atom is 0.409 e. The third-order valence-corrected chi connectivity index (χ3v) is 13.2.